The molecule has 0 saturated heterocycles. The Morgan fingerprint density at radius 1 is 1.07 bits per heavy atom. The van der Waals surface area contributed by atoms with Gasteiger partial charge in [0.1, 0.15) is 16.9 Å². The Morgan fingerprint density at radius 2 is 1.70 bits per heavy atom. The van der Waals surface area contributed by atoms with Gasteiger partial charge in [-0.3, -0.25) is 14.9 Å². The fourth-order valence-electron chi connectivity index (χ4n) is 4.24. The summed E-state index contributed by atoms with van der Waals surface area (Å²) in [7, 11) is 1.15. The lowest BCUT2D eigenvalue weighted by atomic mass is 10.1. The van der Waals surface area contributed by atoms with Crippen LogP contribution >= 0.6 is 23.2 Å². The number of methoxy groups -OCH3 is 2. The van der Waals surface area contributed by atoms with Gasteiger partial charge in [-0.05, 0) is 43.7 Å². The lowest BCUT2D eigenvalue weighted by molar-refractivity contribution is -0.142. The lowest BCUT2D eigenvalue weighted by Crippen LogP contribution is -2.36. The van der Waals surface area contributed by atoms with E-state index in [1.165, 1.54) is 64.5 Å². The monoisotopic (exact) mass is 821 g/mol. The Hall–Kier alpha value is -5.48. The summed E-state index contributed by atoms with van der Waals surface area (Å²) in [6.07, 6.45) is 1.07. The highest BCUT2D eigenvalue weighted by molar-refractivity contribution is 7.90. The summed E-state index contributed by atoms with van der Waals surface area (Å²) in [6.45, 7) is -0.195. The van der Waals surface area contributed by atoms with E-state index in [2.05, 4.69) is 25.4 Å². The van der Waals surface area contributed by atoms with E-state index in [4.69, 9.17) is 37.4 Å². The predicted octanol–water partition coefficient (Wildman–Crippen LogP) is 3.34. The molecule has 3 amide bonds. The van der Waals surface area contributed by atoms with E-state index in [9.17, 15) is 40.8 Å². The van der Waals surface area contributed by atoms with Gasteiger partial charge >= 0.3 is 24.2 Å². The summed E-state index contributed by atoms with van der Waals surface area (Å²) in [5.74, 6) is -2.58. The molecule has 0 aliphatic heterocycles. The van der Waals surface area contributed by atoms with Crippen molar-refractivity contribution in [1.29, 1.82) is 0 Å². The molecule has 0 bridgehead atoms. The van der Waals surface area contributed by atoms with Crippen LogP contribution in [0.2, 0.25) is 5.02 Å². The molecule has 0 aliphatic rings. The zero-order valence-corrected chi connectivity index (χ0v) is 31.5. The molecular weight excluding hydrogens is 790 g/mol. The maximum Gasteiger partial charge on any atom is 0.355 e. The van der Waals surface area contributed by atoms with Crippen molar-refractivity contribution in [3.63, 3.8) is 0 Å². The van der Waals surface area contributed by atoms with Gasteiger partial charge in [0, 0.05) is 31.7 Å². The number of sulfonamides is 1. The molecule has 1 atom stereocenters. The molecule has 292 valence electrons. The molecule has 1 aromatic carbocycles. The predicted molar refractivity (Wildman–Crippen MR) is 185 cm³/mol. The summed E-state index contributed by atoms with van der Waals surface area (Å²) < 4.78 is 82.2. The number of benzene rings is 1. The average molecular weight is 823 g/mol. The van der Waals surface area contributed by atoms with Crippen LogP contribution in [-0.4, -0.2) is 101 Å². The van der Waals surface area contributed by atoms with Gasteiger partial charge in [0.25, 0.3) is 15.9 Å². The van der Waals surface area contributed by atoms with E-state index in [0.29, 0.717) is 4.68 Å². The molecule has 24 heteroatoms. The molecule has 4 aromatic rings. The number of alkyl halides is 3. The van der Waals surface area contributed by atoms with Crippen LogP contribution in [-0.2, 0) is 26.0 Å². The summed E-state index contributed by atoms with van der Waals surface area (Å²) in [5.41, 5.74) is -1.55. The smallest absolute Gasteiger partial charge is 0.355 e. The van der Waals surface area contributed by atoms with Crippen LogP contribution in [0, 0.1) is 12.7 Å². The normalized spacial score (nSPS) is 11.6. The second-order valence-electron chi connectivity index (χ2n) is 10.6. The Balaban J connectivity index is 0.000000291. The number of carbonyl (C=O) groups is 3. The van der Waals surface area contributed by atoms with Gasteiger partial charge in [-0.15, -0.1) is 16.7 Å². The van der Waals surface area contributed by atoms with Crippen molar-refractivity contribution in [2.75, 3.05) is 40.2 Å². The molecule has 0 spiro atoms. The van der Waals surface area contributed by atoms with Crippen molar-refractivity contribution in [3.05, 3.63) is 74.8 Å². The van der Waals surface area contributed by atoms with E-state index < -0.39 is 56.4 Å². The number of nitrogens with zero attached hydrogens (tertiary/aromatic N) is 7. The zero-order valence-electron chi connectivity index (χ0n) is 29.1. The number of rotatable bonds is 12. The number of nitrogens with one attached hydrogen (secondary N) is 2. The number of anilines is 1. The molecule has 0 fully saturated rings. The van der Waals surface area contributed by atoms with Crippen LogP contribution in [0.25, 0.3) is 5.69 Å². The van der Waals surface area contributed by atoms with Gasteiger partial charge < -0.3 is 19.1 Å². The third-order valence-corrected chi connectivity index (χ3v) is 8.65. The minimum Gasteiger partial charge on any atom is -0.481 e. The number of halogens is 5. The van der Waals surface area contributed by atoms with Crippen molar-refractivity contribution in [3.8, 4) is 17.4 Å². The van der Waals surface area contributed by atoms with Gasteiger partial charge in [-0.1, -0.05) is 11.6 Å². The van der Waals surface area contributed by atoms with Crippen LogP contribution in [0.1, 0.15) is 35.2 Å². The fraction of sp³-hybridized carbons (Fsp3) is 0.333. The second kappa shape index (κ2) is 18.5. The van der Waals surface area contributed by atoms with E-state index in [1.807, 2.05) is 0 Å². The highest BCUT2D eigenvalue weighted by atomic mass is 35.5. The van der Waals surface area contributed by atoms with Crippen LogP contribution in [0.4, 0.5) is 23.9 Å². The molecule has 3 heterocycles. The van der Waals surface area contributed by atoms with Gasteiger partial charge in [-0.2, -0.15) is 31.8 Å². The fourth-order valence-corrected chi connectivity index (χ4v) is 5.73. The van der Waals surface area contributed by atoms with E-state index >= 15 is 0 Å². The molecule has 0 radical (unpaired) electrons. The van der Waals surface area contributed by atoms with Crippen LogP contribution in [0.3, 0.4) is 0 Å². The first-order valence-corrected chi connectivity index (χ1v) is 17.4. The van der Waals surface area contributed by atoms with Gasteiger partial charge in [0.2, 0.25) is 17.7 Å². The first kappa shape index (κ1) is 42.9. The number of urea groups is 1. The number of aromatic nitrogens is 6. The molecule has 54 heavy (non-hydrogen) atoms. The highest BCUT2D eigenvalue weighted by Gasteiger charge is 2.27. The number of amides is 3. The molecule has 2 N–H and O–H groups in total. The molecular formula is C30H32Cl2F3N9O9S. The van der Waals surface area contributed by atoms with E-state index in [-0.39, 0.29) is 63.0 Å². The third-order valence-electron chi connectivity index (χ3n) is 6.67. The highest BCUT2D eigenvalue weighted by Crippen LogP contribution is 2.26. The number of hydrogen-bond acceptors (Lipinski definition) is 13. The number of aryl methyl sites for hydroxylation is 1. The molecule has 4 rings (SSSR count). The number of carbonyl (C=O) groups excluding carboxylic acids is 3. The van der Waals surface area contributed by atoms with Crippen molar-refractivity contribution in [2.45, 2.75) is 37.2 Å². The second-order valence-corrected chi connectivity index (χ2v) is 13.1. The largest absolute Gasteiger partial charge is 0.481 e. The topological polar surface area (TPSA) is 219 Å². The van der Waals surface area contributed by atoms with Gasteiger partial charge in [-0.25, -0.2) is 28.3 Å². The van der Waals surface area contributed by atoms with E-state index in [0.717, 1.165) is 12.1 Å². The quantitative estimate of drug-likeness (QED) is 0.155. The molecule has 0 saturated carbocycles. The number of ether oxygens (including phenoxy) is 3. The first-order chi connectivity index (χ1) is 25.3. The van der Waals surface area contributed by atoms with Gasteiger partial charge in [0.05, 0.1) is 32.5 Å². The molecule has 1 unspecified atom stereocenters. The van der Waals surface area contributed by atoms with Gasteiger partial charge in [0.15, 0.2) is 10.8 Å². The molecule has 18 nitrogen and oxygen atoms in total. The van der Waals surface area contributed by atoms with Crippen molar-refractivity contribution >= 4 is 57.1 Å². The maximum atomic E-state index is 14.2. The standard InChI is InChI=1S/C15H14Cl2F3N3O3.C15H18N6O6S/c1-3-26-13(24)10(17)4-8-5-12(11(18)6-9(8)16)23-15(25)22(14(19)20)7(2)21-23;1-21(2)13(22)9-6-5-7-16-12(9)28(24,25)20-15(23)19-14-17-10(26-3)8-11(18-14)27-4/h5-6,10,14H,3-4H2,1-2H3;5-8H,1-4H3,(H2,17,18,19,20,23). The third kappa shape index (κ3) is 10.6. The Morgan fingerprint density at radius 3 is 2.24 bits per heavy atom. The lowest BCUT2D eigenvalue weighted by Gasteiger charge is -2.14. The Bertz CT molecular complexity index is 2170. The Kier molecular flexibility index (Phi) is 14.7. The van der Waals surface area contributed by atoms with Crippen LogP contribution in [0.5, 0.6) is 11.8 Å². The number of esters is 1. The number of pyridine rings is 1. The van der Waals surface area contributed by atoms with Crippen molar-refractivity contribution in [1.82, 2.24) is 38.9 Å². The minimum absolute atomic E-state index is 0.0424. The average Bonchev–Trinajstić information content (AvgIpc) is 3.41. The van der Waals surface area contributed by atoms with Crippen molar-refractivity contribution in [2.24, 2.45) is 0 Å². The minimum atomic E-state index is -4.46. The molecule has 3 aromatic heterocycles. The maximum absolute atomic E-state index is 14.2. The van der Waals surface area contributed by atoms with Crippen LogP contribution < -0.4 is 25.2 Å². The van der Waals surface area contributed by atoms with Crippen molar-refractivity contribution < 1.29 is 50.2 Å². The summed E-state index contributed by atoms with van der Waals surface area (Å²) in [4.78, 5) is 60.6. The Labute approximate surface area is 315 Å². The number of hydrogen-bond donors (Lipinski definition) is 2. The first-order valence-electron chi connectivity index (χ1n) is 15.1. The zero-order chi connectivity index (χ0) is 40.5. The summed E-state index contributed by atoms with van der Waals surface area (Å²) in [5, 5.41) is 4.08. The SMILES string of the molecule is CCOC(=O)C(Cl)Cc1cc(-n2nc(C)n(C(F)F)c2=O)c(F)cc1Cl.COc1cc(OC)nc(NC(=O)NS(=O)(=O)c2ncccc2C(=O)N(C)C)n1. The summed E-state index contributed by atoms with van der Waals surface area (Å²) >= 11 is 11.9. The summed E-state index contributed by atoms with van der Waals surface area (Å²) in [6, 6.07) is 4.93. The van der Waals surface area contributed by atoms with Crippen LogP contribution in [0.15, 0.2) is 46.3 Å². The molecule has 0 aliphatic carbocycles. The van der Waals surface area contributed by atoms with E-state index in [1.54, 1.807) is 11.6 Å².